The number of carbonyl (C=O) groups excluding carboxylic acids is 2. The maximum Gasteiger partial charge on any atom is 0.266 e. The van der Waals surface area contributed by atoms with E-state index in [9.17, 15) is 9.59 Å². The maximum atomic E-state index is 14.0. The Kier molecular flexibility index (Phi) is 6.21. The third kappa shape index (κ3) is 4.22. The topological polar surface area (TPSA) is 86.8 Å². The number of hydrogen-bond acceptors (Lipinski definition) is 8. The molecule has 0 N–H and O–H groups in total. The van der Waals surface area contributed by atoms with Crippen LogP contribution in [-0.2, 0) is 40.0 Å². The van der Waals surface area contributed by atoms with Crippen molar-refractivity contribution in [1.82, 2.24) is 0 Å². The van der Waals surface area contributed by atoms with E-state index in [1.54, 1.807) is 29.3 Å². The summed E-state index contributed by atoms with van der Waals surface area (Å²) in [6, 6.07) is 27.5. The summed E-state index contributed by atoms with van der Waals surface area (Å²) in [6.07, 6.45) is -3.53. The van der Waals surface area contributed by atoms with Gasteiger partial charge >= 0.3 is 0 Å². The van der Waals surface area contributed by atoms with E-state index < -0.39 is 54.4 Å². The third-order valence-electron chi connectivity index (χ3n) is 7.84. The van der Waals surface area contributed by atoms with Gasteiger partial charge in [-0.15, -0.1) is 0 Å². The number of rotatable bonds is 6. The van der Waals surface area contributed by atoms with Gasteiger partial charge in [-0.3, -0.25) is 14.4 Å². The highest BCUT2D eigenvalue weighted by Crippen LogP contribution is 2.47. The molecule has 4 aliphatic heterocycles. The number of hydrogen-bond donors (Lipinski definition) is 0. The predicted molar refractivity (Wildman–Crippen MR) is 144 cm³/mol. The van der Waals surface area contributed by atoms with Crippen molar-refractivity contribution in [2.45, 2.75) is 63.0 Å². The molecule has 7 rings (SSSR count). The van der Waals surface area contributed by atoms with Crippen molar-refractivity contribution in [2.24, 2.45) is 5.92 Å². The largest absolute Gasteiger partial charge is 0.368 e. The molecule has 9 heteroatoms. The number of amides is 2. The van der Waals surface area contributed by atoms with Crippen LogP contribution in [0.3, 0.4) is 0 Å². The minimum Gasteiger partial charge on any atom is -0.368 e. The molecular weight excluding hydrogens is 512 g/mol. The molecule has 4 fully saturated rings. The van der Waals surface area contributed by atoms with Gasteiger partial charge in [-0.25, -0.2) is 9.96 Å². The molecule has 0 saturated carbocycles. The van der Waals surface area contributed by atoms with Gasteiger partial charge in [0.25, 0.3) is 5.91 Å². The molecule has 9 nitrogen and oxygen atoms in total. The number of benzene rings is 3. The van der Waals surface area contributed by atoms with Crippen LogP contribution in [0.4, 0.5) is 11.4 Å². The monoisotopic (exact) mass is 542 g/mol. The Morgan fingerprint density at radius 1 is 0.775 bits per heavy atom. The normalized spacial score (nSPS) is 32.5. The van der Waals surface area contributed by atoms with Crippen molar-refractivity contribution in [3.8, 4) is 0 Å². The lowest BCUT2D eigenvalue weighted by molar-refractivity contribution is -0.222. The minimum atomic E-state index is -1.00. The number of nitrogens with zero attached hydrogens (tertiary/aromatic N) is 2. The van der Waals surface area contributed by atoms with Crippen LogP contribution in [0.1, 0.15) is 19.4 Å². The summed E-state index contributed by atoms with van der Waals surface area (Å²) in [7, 11) is 0. The maximum absolute atomic E-state index is 14.0. The zero-order valence-corrected chi connectivity index (χ0v) is 22.2. The van der Waals surface area contributed by atoms with Gasteiger partial charge in [0.05, 0.1) is 18.0 Å². The zero-order chi connectivity index (χ0) is 27.4. The average molecular weight is 543 g/mol. The van der Waals surface area contributed by atoms with E-state index in [2.05, 4.69) is 0 Å². The van der Waals surface area contributed by atoms with Crippen molar-refractivity contribution in [1.29, 1.82) is 0 Å². The van der Waals surface area contributed by atoms with Crippen LogP contribution in [0.5, 0.6) is 0 Å². The van der Waals surface area contributed by atoms with E-state index in [1.165, 1.54) is 4.90 Å². The first-order valence-electron chi connectivity index (χ1n) is 13.5. The molecule has 2 amide bonds. The molecule has 0 bridgehead atoms. The molecule has 4 saturated heterocycles. The molecule has 40 heavy (non-hydrogen) atoms. The second kappa shape index (κ2) is 9.79. The van der Waals surface area contributed by atoms with Crippen molar-refractivity contribution >= 4 is 23.2 Å². The van der Waals surface area contributed by atoms with Gasteiger partial charge < -0.3 is 18.9 Å². The molecule has 0 unspecified atom stereocenters. The molecule has 206 valence electrons. The first-order valence-corrected chi connectivity index (χ1v) is 13.5. The highest BCUT2D eigenvalue weighted by molar-refractivity contribution is 6.23. The number of anilines is 2. The lowest BCUT2D eigenvalue weighted by Crippen LogP contribution is -2.52. The zero-order valence-electron chi connectivity index (χ0n) is 22.2. The van der Waals surface area contributed by atoms with E-state index in [1.807, 2.05) is 80.6 Å². The van der Waals surface area contributed by atoms with Crippen LogP contribution < -0.4 is 9.96 Å². The number of para-hydroxylation sites is 2. The Morgan fingerprint density at radius 3 is 2.08 bits per heavy atom. The van der Waals surface area contributed by atoms with Crippen LogP contribution in [0.25, 0.3) is 0 Å². The number of fused-ring (bicyclic) bond motifs is 2. The van der Waals surface area contributed by atoms with Gasteiger partial charge in [0.1, 0.15) is 30.3 Å². The van der Waals surface area contributed by atoms with Crippen LogP contribution >= 0.6 is 0 Å². The van der Waals surface area contributed by atoms with Crippen molar-refractivity contribution in [3.63, 3.8) is 0 Å². The summed E-state index contributed by atoms with van der Waals surface area (Å²) in [5, 5.41) is 1.64. The standard InChI is InChI=1S/C31H30N2O7/c1-31(2)38-27-26(36-18-19-12-6-3-7-13-19)25(37-30(27)39-31)23-22-24(40-33(23)21-16-10-5-11-17-21)29(35)32(28(22)34)20-14-8-4-9-15-20/h3-17,22-27,30H,18H2,1-2H3/t22-,23+,24+,25-,26+,27-,30-/m1/s1. The van der Waals surface area contributed by atoms with E-state index in [4.69, 9.17) is 23.8 Å². The van der Waals surface area contributed by atoms with Gasteiger partial charge in [0.15, 0.2) is 18.2 Å². The minimum absolute atomic E-state index is 0.314. The summed E-state index contributed by atoms with van der Waals surface area (Å²) in [6.45, 7) is 3.98. The molecule has 3 aromatic carbocycles. The lowest BCUT2D eigenvalue weighted by Gasteiger charge is -2.35. The van der Waals surface area contributed by atoms with Crippen LogP contribution in [0.2, 0.25) is 0 Å². The van der Waals surface area contributed by atoms with Gasteiger partial charge in [-0.1, -0.05) is 66.7 Å². The fourth-order valence-electron chi connectivity index (χ4n) is 6.16. The van der Waals surface area contributed by atoms with Crippen LogP contribution in [0, 0.1) is 5.92 Å². The molecule has 0 aliphatic carbocycles. The molecular formula is C31H30N2O7. The molecule has 4 heterocycles. The summed E-state index contributed by atoms with van der Waals surface area (Å²) < 4.78 is 25.4. The van der Waals surface area contributed by atoms with E-state index in [-0.39, 0.29) is 5.91 Å². The van der Waals surface area contributed by atoms with Crippen LogP contribution in [0.15, 0.2) is 91.0 Å². The van der Waals surface area contributed by atoms with E-state index in [0.717, 1.165) is 5.56 Å². The summed E-state index contributed by atoms with van der Waals surface area (Å²) in [5.41, 5.74) is 2.21. The summed E-state index contributed by atoms with van der Waals surface area (Å²) in [5.74, 6) is -2.42. The molecule has 4 aliphatic rings. The number of imide groups is 1. The fourth-order valence-corrected chi connectivity index (χ4v) is 6.16. The second-order valence-electron chi connectivity index (χ2n) is 10.9. The number of ether oxygens (including phenoxy) is 4. The summed E-state index contributed by atoms with van der Waals surface area (Å²) >= 11 is 0. The smallest absolute Gasteiger partial charge is 0.266 e. The highest BCUT2D eigenvalue weighted by atomic mass is 16.8. The van der Waals surface area contributed by atoms with Crippen molar-refractivity contribution in [3.05, 3.63) is 96.6 Å². The number of hydroxylamine groups is 1. The SMILES string of the molecule is CC1(C)O[C@H]2O[C@H]([C@@H]3[C@H]4C(=O)N(c5ccccc5)C(=O)[C@H]4ON3c3ccccc3)[C@H](OCc3ccccc3)[C@H]2O1. The Labute approximate surface area is 232 Å². The Hall–Kier alpha value is -3.60. The quantitative estimate of drug-likeness (QED) is 0.435. The Bertz CT molecular complexity index is 1390. The lowest BCUT2D eigenvalue weighted by atomic mass is 9.89. The van der Waals surface area contributed by atoms with E-state index in [0.29, 0.717) is 18.0 Å². The van der Waals surface area contributed by atoms with Gasteiger partial charge in [-0.2, -0.15) is 0 Å². The van der Waals surface area contributed by atoms with Gasteiger partial charge in [0.2, 0.25) is 5.91 Å². The highest BCUT2D eigenvalue weighted by Gasteiger charge is 2.67. The Balaban J connectivity index is 1.27. The molecule has 7 atom stereocenters. The van der Waals surface area contributed by atoms with Gasteiger partial charge in [-0.05, 0) is 43.7 Å². The first-order chi connectivity index (χ1) is 19.4. The van der Waals surface area contributed by atoms with Crippen LogP contribution in [-0.4, -0.2) is 54.3 Å². The molecule has 0 radical (unpaired) electrons. The Morgan fingerprint density at radius 2 is 1.40 bits per heavy atom. The fraction of sp³-hybridized carbons (Fsp3) is 0.355. The van der Waals surface area contributed by atoms with Crippen molar-refractivity contribution < 1.29 is 33.4 Å². The number of carbonyl (C=O) groups is 2. The first kappa shape index (κ1) is 25.4. The average Bonchev–Trinajstić information content (AvgIpc) is 3.66. The second-order valence-corrected chi connectivity index (χ2v) is 10.9. The van der Waals surface area contributed by atoms with Crippen molar-refractivity contribution in [2.75, 3.05) is 9.96 Å². The predicted octanol–water partition coefficient (Wildman–Crippen LogP) is 3.83. The molecule has 0 aromatic heterocycles. The third-order valence-corrected chi connectivity index (χ3v) is 7.84. The van der Waals surface area contributed by atoms with E-state index >= 15 is 0 Å². The molecule has 3 aromatic rings. The van der Waals surface area contributed by atoms with Gasteiger partial charge in [0, 0.05) is 0 Å². The molecule has 0 spiro atoms. The summed E-state index contributed by atoms with van der Waals surface area (Å²) in [4.78, 5) is 35.2.